The fraction of sp³-hybridized carbons (Fsp3) is 0.571. The van der Waals surface area contributed by atoms with E-state index in [-0.39, 0.29) is 12.1 Å². The molecule has 2 fully saturated rings. The van der Waals surface area contributed by atoms with Crippen molar-refractivity contribution in [2.45, 2.75) is 31.3 Å². The Bertz CT molecular complexity index is 430. The molecule has 3 heterocycles. The minimum Gasteiger partial charge on any atom is -0.329 e. The first-order chi connectivity index (χ1) is 9.33. The number of piperidine rings is 1. The van der Waals surface area contributed by atoms with Gasteiger partial charge >= 0.3 is 6.03 Å². The van der Waals surface area contributed by atoms with Crippen LogP contribution in [-0.4, -0.2) is 41.6 Å². The Morgan fingerprint density at radius 2 is 2.37 bits per heavy atom. The van der Waals surface area contributed by atoms with Gasteiger partial charge in [0.15, 0.2) is 0 Å². The Hall–Kier alpha value is -1.62. The lowest BCUT2D eigenvalue weighted by atomic mass is 10.0. The average Bonchev–Trinajstić information content (AvgIpc) is 2.82. The molecule has 5 heteroatoms. The normalized spacial score (nSPS) is 27.4. The number of urea groups is 1. The summed E-state index contributed by atoms with van der Waals surface area (Å²) in [6.07, 6.45) is 7.26. The van der Waals surface area contributed by atoms with E-state index in [1.165, 1.54) is 19.3 Å². The number of nitrogens with one attached hydrogen (secondary N) is 2. The van der Waals surface area contributed by atoms with Gasteiger partial charge in [0.05, 0.1) is 6.04 Å². The first-order valence-corrected chi connectivity index (χ1v) is 7.01. The van der Waals surface area contributed by atoms with E-state index < -0.39 is 0 Å². The van der Waals surface area contributed by atoms with Crippen molar-refractivity contribution in [1.82, 2.24) is 20.5 Å². The maximum Gasteiger partial charge on any atom is 0.318 e. The third-order valence-corrected chi connectivity index (χ3v) is 3.93. The standard InChI is InChI=1S/C14H20N4O/c19-14-17-13(11-4-3-6-15-8-11)10-18(14)9-12-5-1-2-7-16-12/h3-4,6,8,12-13,16H,1-2,5,7,9-10H2,(H,17,19). The van der Waals surface area contributed by atoms with Crippen LogP contribution in [0.3, 0.4) is 0 Å². The van der Waals surface area contributed by atoms with Gasteiger partial charge in [-0.15, -0.1) is 0 Å². The number of carbonyl (C=O) groups excluding carboxylic acids is 1. The van der Waals surface area contributed by atoms with Gasteiger partial charge in [-0.2, -0.15) is 0 Å². The summed E-state index contributed by atoms with van der Waals surface area (Å²) in [6, 6.07) is 4.49. The Balaban J connectivity index is 1.60. The molecule has 2 aliphatic rings. The molecule has 2 amide bonds. The lowest BCUT2D eigenvalue weighted by Crippen LogP contribution is -2.44. The fourth-order valence-corrected chi connectivity index (χ4v) is 2.86. The van der Waals surface area contributed by atoms with Gasteiger partial charge in [0, 0.05) is 31.5 Å². The van der Waals surface area contributed by atoms with Gasteiger partial charge in [-0.3, -0.25) is 4.98 Å². The highest BCUT2D eigenvalue weighted by molar-refractivity contribution is 5.77. The molecule has 0 aromatic carbocycles. The molecule has 0 aliphatic carbocycles. The summed E-state index contributed by atoms with van der Waals surface area (Å²) < 4.78 is 0. The average molecular weight is 260 g/mol. The summed E-state index contributed by atoms with van der Waals surface area (Å²) in [5, 5.41) is 6.52. The van der Waals surface area contributed by atoms with Crippen LogP contribution in [0.25, 0.3) is 0 Å². The first-order valence-electron chi connectivity index (χ1n) is 7.01. The summed E-state index contributed by atoms with van der Waals surface area (Å²) in [4.78, 5) is 18.0. The third kappa shape index (κ3) is 2.87. The number of carbonyl (C=O) groups is 1. The Morgan fingerprint density at radius 3 is 3.11 bits per heavy atom. The molecule has 2 N–H and O–H groups in total. The Morgan fingerprint density at radius 1 is 1.42 bits per heavy atom. The van der Waals surface area contributed by atoms with Crippen LogP contribution < -0.4 is 10.6 Å². The van der Waals surface area contributed by atoms with Gasteiger partial charge in [0.25, 0.3) is 0 Å². The van der Waals surface area contributed by atoms with Crippen molar-refractivity contribution in [2.75, 3.05) is 19.6 Å². The van der Waals surface area contributed by atoms with Gasteiger partial charge in [0.1, 0.15) is 0 Å². The van der Waals surface area contributed by atoms with Crippen molar-refractivity contribution < 1.29 is 4.79 Å². The number of aromatic nitrogens is 1. The molecule has 0 saturated carbocycles. The van der Waals surface area contributed by atoms with Gasteiger partial charge in [0.2, 0.25) is 0 Å². The quantitative estimate of drug-likeness (QED) is 0.861. The SMILES string of the molecule is O=C1NC(c2cccnc2)CN1CC1CCCCN1. The van der Waals surface area contributed by atoms with E-state index >= 15 is 0 Å². The second-order valence-electron chi connectivity index (χ2n) is 5.34. The van der Waals surface area contributed by atoms with E-state index in [2.05, 4.69) is 15.6 Å². The molecule has 3 rings (SSSR count). The van der Waals surface area contributed by atoms with E-state index in [0.29, 0.717) is 6.04 Å². The van der Waals surface area contributed by atoms with Crippen molar-refractivity contribution in [2.24, 2.45) is 0 Å². The minimum absolute atomic E-state index is 0.0428. The van der Waals surface area contributed by atoms with Gasteiger partial charge < -0.3 is 15.5 Å². The molecule has 19 heavy (non-hydrogen) atoms. The number of nitrogens with zero attached hydrogens (tertiary/aromatic N) is 2. The highest BCUT2D eigenvalue weighted by Crippen LogP contribution is 2.20. The molecule has 1 aromatic rings. The van der Waals surface area contributed by atoms with Crippen molar-refractivity contribution >= 4 is 6.03 Å². The van der Waals surface area contributed by atoms with Crippen molar-refractivity contribution in [1.29, 1.82) is 0 Å². The van der Waals surface area contributed by atoms with Gasteiger partial charge in [-0.05, 0) is 31.0 Å². The molecule has 2 aliphatic heterocycles. The molecule has 1 aromatic heterocycles. The van der Waals surface area contributed by atoms with Crippen LogP contribution in [0.5, 0.6) is 0 Å². The maximum atomic E-state index is 12.0. The van der Waals surface area contributed by atoms with E-state index in [0.717, 1.165) is 25.2 Å². The molecule has 0 spiro atoms. The minimum atomic E-state index is 0.0428. The number of rotatable bonds is 3. The summed E-state index contributed by atoms with van der Waals surface area (Å²) in [5.41, 5.74) is 1.08. The zero-order chi connectivity index (χ0) is 13.1. The summed E-state index contributed by atoms with van der Waals surface area (Å²) in [6.45, 7) is 2.62. The van der Waals surface area contributed by atoms with Crippen LogP contribution in [0, 0.1) is 0 Å². The van der Waals surface area contributed by atoms with Crippen LogP contribution in [0.15, 0.2) is 24.5 Å². The molecular formula is C14H20N4O. The molecule has 2 atom stereocenters. The lowest BCUT2D eigenvalue weighted by molar-refractivity contribution is 0.207. The summed E-state index contributed by atoms with van der Waals surface area (Å²) >= 11 is 0. The van der Waals surface area contributed by atoms with Gasteiger partial charge in [-0.25, -0.2) is 4.79 Å². The second kappa shape index (κ2) is 5.57. The van der Waals surface area contributed by atoms with Crippen LogP contribution in [0.1, 0.15) is 30.9 Å². The molecular weight excluding hydrogens is 240 g/mol. The first kappa shape index (κ1) is 12.4. The smallest absolute Gasteiger partial charge is 0.318 e. The number of hydrogen-bond donors (Lipinski definition) is 2. The zero-order valence-electron chi connectivity index (χ0n) is 11.0. The summed E-state index contributed by atoms with van der Waals surface area (Å²) in [5.74, 6) is 0. The van der Waals surface area contributed by atoms with Crippen molar-refractivity contribution in [3.63, 3.8) is 0 Å². The predicted molar refractivity (Wildman–Crippen MR) is 72.7 cm³/mol. The largest absolute Gasteiger partial charge is 0.329 e. The molecule has 102 valence electrons. The van der Waals surface area contributed by atoms with Crippen LogP contribution in [-0.2, 0) is 0 Å². The van der Waals surface area contributed by atoms with Crippen molar-refractivity contribution in [3.05, 3.63) is 30.1 Å². The molecule has 0 bridgehead atoms. The van der Waals surface area contributed by atoms with E-state index in [1.54, 1.807) is 6.20 Å². The summed E-state index contributed by atoms with van der Waals surface area (Å²) in [7, 11) is 0. The fourth-order valence-electron chi connectivity index (χ4n) is 2.86. The second-order valence-corrected chi connectivity index (χ2v) is 5.34. The van der Waals surface area contributed by atoms with Crippen LogP contribution >= 0.6 is 0 Å². The van der Waals surface area contributed by atoms with Crippen molar-refractivity contribution in [3.8, 4) is 0 Å². The molecule has 5 nitrogen and oxygen atoms in total. The monoisotopic (exact) mass is 260 g/mol. The number of amides is 2. The third-order valence-electron chi connectivity index (χ3n) is 3.93. The predicted octanol–water partition coefficient (Wildman–Crippen LogP) is 1.29. The van der Waals surface area contributed by atoms with Gasteiger partial charge in [-0.1, -0.05) is 12.5 Å². The van der Waals surface area contributed by atoms with E-state index in [1.807, 2.05) is 23.2 Å². The Kier molecular flexibility index (Phi) is 3.64. The molecule has 0 radical (unpaired) electrons. The van der Waals surface area contributed by atoms with E-state index in [9.17, 15) is 4.79 Å². The van der Waals surface area contributed by atoms with Crippen LogP contribution in [0.4, 0.5) is 4.79 Å². The lowest BCUT2D eigenvalue weighted by Gasteiger charge is -2.27. The zero-order valence-corrected chi connectivity index (χ0v) is 11.0. The number of hydrogen-bond acceptors (Lipinski definition) is 3. The molecule has 2 unspecified atom stereocenters. The number of pyridine rings is 1. The molecule has 2 saturated heterocycles. The highest BCUT2D eigenvalue weighted by Gasteiger charge is 2.31. The van der Waals surface area contributed by atoms with E-state index in [4.69, 9.17) is 0 Å². The van der Waals surface area contributed by atoms with Crippen LogP contribution in [0.2, 0.25) is 0 Å². The maximum absolute atomic E-state index is 12.0. The topological polar surface area (TPSA) is 57.3 Å². The highest BCUT2D eigenvalue weighted by atomic mass is 16.2. The Labute approximate surface area is 113 Å².